The average Bonchev–Trinajstić information content (AvgIpc) is 3.31. The van der Waals surface area contributed by atoms with Crippen LogP contribution in [0.15, 0.2) is 66.0 Å². The number of aromatic amines is 1. The second-order valence-electron chi connectivity index (χ2n) is 7.77. The second-order valence-corrected chi connectivity index (χ2v) is 8.16. The van der Waals surface area contributed by atoms with Crippen molar-refractivity contribution in [1.82, 2.24) is 19.8 Å². The van der Waals surface area contributed by atoms with Gasteiger partial charge in [-0.05, 0) is 61.9 Å². The monoisotopic (exact) mass is 434 g/mol. The molecular formula is C24H26N4O2S. The molecule has 1 fully saturated rings. The Kier molecular flexibility index (Phi) is 6.44. The highest BCUT2D eigenvalue weighted by Crippen LogP contribution is 2.24. The highest BCUT2D eigenvalue weighted by molar-refractivity contribution is 7.71. The summed E-state index contributed by atoms with van der Waals surface area (Å²) < 4.78 is 1.76. The number of rotatable bonds is 7. The van der Waals surface area contributed by atoms with Gasteiger partial charge in [-0.2, -0.15) is 0 Å². The van der Waals surface area contributed by atoms with Crippen LogP contribution in [0.5, 0.6) is 0 Å². The molecule has 1 saturated heterocycles. The summed E-state index contributed by atoms with van der Waals surface area (Å²) in [7, 11) is 0. The first-order valence-electron chi connectivity index (χ1n) is 10.5. The van der Waals surface area contributed by atoms with Crippen molar-refractivity contribution in [3.63, 3.8) is 0 Å². The third-order valence-corrected chi connectivity index (χ3v) is 6.10. The van der Waals surface area contributed by atoms with E-state index in [0.717, 1.165) is 13.1 Å². The minimum absolute atomic E-state index is 0.144. The van der Waals surface area contributed by atoms with Crippen LogP contribution in [0.3, 0.4) is 0 Å². The first-order valence-corrected chi connectivity index (χ1v) is 10.9. The van der Waals surface area contributed by atoms with Crippen molar-refractivity contribution in [2.45, 2.75) is 25.4 Å². The van der Waals surface area contributed by atoms with Gasteiger partial charge in [-0.3, -0.25) is 19.1 Å². The van der Waals surface area contributed by atoms with Crippen molar-refractivity contribution < 1.29 is 4.79 Å². The lowest BCUT2D eigenvalue weighted by molar-refractivity contribution is 0.0938. The van der Waals surface area contributed by atoms with Crippen molar-refractivity contribution in [1.29, 1.82) is 0 Å². The van der Waals surface area contributed by atoms with Crippen molar-refractivity contribution in [2.24, 2.45) is 0 Å². The Morgan fingerprint density at radius 3 is 2.65 bits per heavy atom. The normalized spacial score (nSPS) is 15.1. The Morgan fingerprint density at radius 1 is 1.19 bits per heavy atom. The summed E-state index contributed by atoms with van der Waals surface area (Å²) in [6.45, 7) is 6.61. The van der Waals surface area contributed by atoms with Gasteiger partial charge in [0.2, 0.25) is 0 Å². The first kappa shape index (κ1) is 21.2. The molecule has 0 unspecified atom stereocenters. The van der Waals surface area contributed by atoms with Crippen LogP contribution < -0.4 is 10.9 Å². The zero-order valence-electron chi connectivity index (χ0n) is 17.3. The van der Waals surface area contributed by atoms with Crippen LogP contribution in [0.25, 0.3) is 10.9 Å². The fourth-order valence-electron chi connectivity index (χ4n) is 4.17. The second kappa shape index (κ2) is 9.41. The molecule has 2 aromatic carbocycles. The number of hydrogen-bond acceptors (Lipinski definition) is 4. The summed E-state index contributed by atoms with van der Waals surface area (Å²) in [4.78, 5) is 31.1. The molecule has 0 spiro atoms. The summed E-state index contributed by atoms with van der Waals surface area (Å²) in [5.41, 5.74) is 2.06. The number of benzene rings is 2. The van der Waals surface area contributed by atoms with Crippen molar-refractivity contribution in [2.75, 3.05) is 19.6 Å². The Morgan fingerprint density at radius 2 is 1.94 bits per heavy atom. The summed E-state index contributed by atoms with van der Waals surface area (Å²) in [6.07, 6.45) is 4.00. The number of nitrogens with one attached hydrogen (secondary N) is 2. The van der Waals surface area contributed by atoms with Gasteiger partial charge in [0.25, 0.3) is 11.5 Å². The van der Waals surface area contributed by atoms with E-state index in [1.165, 1.54) is 23.0 Å². The van der Waals surface area contributed by atoms with Gasteiger partial charge in [0, 0.05) is 18.7 Å². The number of fused-ring (bicyclic) bond motifs is 1. The molecule has 3 aromatic rings. The SMILES string of the molecule is C=CCn1c(=S)[nH]c2cc(C(=O)NC[C@@H](c3ccccc3)N3CCCC3)ccc2c1=O. The molecule has 6 nitrogen and oxygen atoms in total. The standard InChI is InChI=1S/C24H26N4O2S/c1-2-12-28-23(30)19-11-10-18(15-20(19)26-24(28)31)22(29)25-16-21(27-13-6-7-14-27)17-8-4-3-5-9-17/h2-5,8-11,15,21H,1,6-7,12-14,16H2,(H,25,29)(H,26,31)/t21-/m0/s1. The molecule has 0 bridgehead atoms. The van der Waals surface area contributed by atoms with E-state index >= 15 is 0 Å². The van der Waals surface area contributed by atoms with Crippen molar-refractivity contribution in [3.8, 4) is 0 Å². The number of allylic oxidation sites excluding steroid dienone is 1. The van der Waals surface area contributed by atoms with Crippen molar-refractivity contribution in [3.05, 3.63) is 87.4 Å². The molecule has 0 aliphatic carbocycles. The van der Waals surface area contributed by atoms with Gasteiger partial charge in [-0.25, -0.2) is 0 Å². The maximum atomic E-state index is 12.9. The maximum Gasteiger partial charge on any atom is 0.262 e. The number of likely N-dealkylation sites (tertiary alicyclic amines) is 1. The van der Waals surface area contributed by atoms with E-state index in [0.29, 0.717) is 34.3 Å². The molecule has 2 heterocycles. The van der Waals surface area contributed by atoms with Crippen LogP contribution in [0, 0.1) is 4.77 Å². The molecule has 1 aromatic heterocycles. The molecule has 4 rings (SSSR count). The molecule has 31 heavy (non-hydrogen) atoms. The number of H-pyrrole nitrogens is 1. The smallest absolute Gasteiger partial charge is 0.262 e. The van der Waals surface area contributed by atoms with Gasteiger partial charge in [0.05, 0.1) is 16.9 Å². The molecule has 7 heteroatoms. The minimum Gasteiger partial charge on any atom is -0.350 e. The summed E-state index contributed by atoms with van der Waals surface area (Å²) in [5, 5.41) is 3.57. The third-order valence-electron chi connectivity index (χ3n) is 5.78. The van der Waals surface area contributed by atoms with Crippen LogP contribution in [0.4, 0.5) is 0 Å². The number of nitrogens with zero attached hydrogens (tertiary/aromatic N) is 2. The quantitative estimate of drug-likeness (QED) is 0.438. The third kappa shape index (κ3) is 4.52. The molecule has 1 atom stereocenters. The average molecular weight is 435 g/mol. The van der Waals surface area contributed by atoms with E-state index in [4.69, 9.17) is 12.2 Å². The molecule has 160 valence electrons. The van der Waals surface area contributed by atoms with Gasteiger partial charge in [-0.15, -0.1) is 6.58 Å². The lowest BCUT2D eigenvalue weighted by atomic mass is 10.1. The minimum atomic E-state index is -0.191. The topological polar surface area (TPSA) is 70.1 Å². The molecule has 0 saturated carbocycles. The Labute approximate surface area is 186 Å². The number of hydrogen-bond donors (Lipinski definition) is 2. The summed E-state index contributed by atoms with van der Waals surface area (Å²) in [5.74, 6) is -0.170. The zero-order valence-corrected chi connectivity index (χ0v) is 18.2. The van der Waals surface area contributed by atoms with Crippen molar-refractivity contribution >= 4 is 29.0 Å². The van der Waals surface area contributed by atoms with E-state index in [1.54, 1.807) is 24.3 Å². The summed E-state index contributed by atoms with van der Waals surface area (Å²) in [6, 6.07) is 15.5. The van der Waals surface area contributed by atoms with Crippen LogP contribution in [0.1, 0.15) is 34.8 Å². The van der Waals surface area contributed by atoms with E-state index in [-0.39, 0.29) is 17.5 Å². The molecule has 1 aliphatic heterocycles. The lowest BCUT2D eigenvalue weighted by Gasteiger charge is -2.28. The highest BCUT2D eigenvalue weighted by Gasteiger charge is 2.24. The van der Waals surface area contributed by atoms with E-state index in [9.17, 15) is 9.59 Å². The van der Waals surface area contributed by atoms with E-state index < -0.39 is 0 Å². The Balaban J connectivity index is 1.56. The van der Waals surface area contributed by atoms with Gasteiger partial charge >= 0.3 is 0 Å². The molecule has 2 N–H and O–H groups in total. The predicted octanol–water partition coefficient (Wildman–Crippen LogP) is 3.81. The molecule has 0 radical (unpaired) electrons. The van der Waals surface area contributed by atoms with Gasteiger partial charge < -0.3 is 10.3 Å². The predicted molar refractivity (Wildman–Crippen MR) is 126 cm³/mol. The number of carbonyl (C=O) groups excluding carboxylic acids is 1. The van der Waals surface area contributed by atoms with Crippen LogP contribution >= 0.6 is 12.2 Å². The highest BCUT2D eigenvalue weighted by atomic mass is 32.1. The van der Waals surface area contributed by atoms with E-state index in [2.05, 4.69) is 33.9 Å². The summed E-state index contributed by atoms with van der Waals surface area (Å²) >= 11 is 5.30. The number of aromatic nitrogens is 2. The molecule has 1 aliphatic rings. The van der Waals surface area contributed by atoms with Gasteiger partial charge in [0.15, 0.2) is 4.77 Å². The fourth-order valence-corrected chi connectivity index (χ4v) is 4.44. The largest absolute Gasteiger partial charge is 0.350 e. The molecule has 1 amide bonds. The fraction of sp³-hybridized carbons (Fsp3) is 0.292. The van der Waals surface area contributed by atoms with Crippen LogP contribution in [-0.2, 0) is 6.54 Å². The number of carbonyl (C=O) groups is 1. The Bertz CT molecular complexity index is 1210. The van der Waals surface area contributed by atoms with Crippen LogP contribution in [0.2, 0.25) is 0 Å². The zero-order chi connectivity index (χ0) is 21.8. The van der Waals surface area contributed by atoms with Crippen LogP contribution in [-0.4, -0.2) is 40.0 Å². The Hall–Kier alpha value is -3.03. The lowest BCUT2D eigenvalue weighted by Crippen LogP contribution is -2.36. The van der Waals surface area contributed by atoms with Gasteiger partial charge in [0.1, 0.15) is 0 Å². The number of amides is 1. The molecular weight excluding hydrogens is 408 g/mol. The maximum absolute atomic E-state index is 12.9. The first-order chi connectivity index (χ1) is 15.1. The van der Waals surface area contributed by atoms with E-state index in [1.807, 2.05) is 18.2 Å². The van der Waals surface area contributed by atoms with Gasteiger partial charge in [-0.1, -0.05) is 36.4 Å².